The van der Waals surface area contributed by atoms with Crippen molar-refractivity contribution in [3.8, 4) is 0 Å². The van der Waals surface area contributed by atoms with Crippen LogP contribution in [0.4, 0.5) is 0 Å². The quantitative estimate of drug-likeness (QED) is 0.801. The lowest BCUT2D eigenvalue weighted by molar-refractivity contribution is -0.134. The lowest BCUT2D eigenvalue weighted by Gasteiger charge is -2.33. The third kappa shape index (κ3) is 3.37. The van der Waals surface area contributed by atoms with Crippen molar-refractivity contribution in [2.24, 2.45) is 0 Å². The third-order valence-corrected chi connectivity index (χ3v) is 3.84. The first-order chi connectivity index (χ1) is 8.81. The molecule has 1 aliphatic carbocycles. The molecule has 0 aromatic carbocycles. The Kier molecular flexibility index (Phi) is 4.85. The maximum absolute atomic E-state index is 12.3. The predicted molar refractivity (Wildman–Crippen MR) is 71.3 cm³/mol. The summed E-state index contributed by atoms with van der Waals surface area (Å²) >= 11 is 0. The van der Waals surface area contributed by atoms with Crippen LogP contribution in [0.25, 0.3) is 0 Å². The highest BCUT2D eigenvalue weighted by Crippen LogP contribution is 2.23. The first kappa shape index (κ1) is 13.2. The number of hydrogen-bond acceptors (Lipinski definition) is 2. The molecule has 0 aliphatic heterocycles. The van der Waals surface area contributed by atoms with Gasteiger partial charge in [0.15, 0.2) is 0 Å². The first-order valence-electron chi connectivity index (χ1n) is 7.13. The summed E-state index contributed by atoms with van der Waals surface area (Å²) in [6.45, 7) is 2.92. The van der Waals surface area contributed by atoms with E-state index < -0.39 is 0 Å². The Bertz CT molecular complexity index is 353. The van der Waals surface area contributed by atoms with Crippen LogP contribution in [0.2, 0.25) is 0 Å². The summed E-state index contributed by atoms with van der Waals surface area (Å²) < 4.78 is 5.27. The second-order valence-electron chi connectivity index (χ2n) is 5.05. The van der Waals surface area contributed by atoms with E-state index >= 15 is 0 Å². The number of rotatable bonds is 5. The van der Waals surface area contributed by atoms with Gasteiger partial charge in [-0.15, -0.1) is 0 Å². The van der Waals surface area contributed by atoms with Crippen LogP contribution in [-0.4, -0.2) is 23.4 Å². The molecule has 1 aromatic rings. The Morgan fingerprint density at radius 3 is 2.78 bits per heavy atom. The highest BCUT2D eigenvalue weighted by atomic mass is 16.3. The van der Waals surface area contributed by atoms with Crippen LogP contribution >= 0.6 is 0 Å². The molecule has 0 radical (unpaired) electrons. The van der Waals surface area contributed by atoms with Gasteiger partial charge < -0.3 is 9.32 Å². The molecule has 18 heavy (non-hydrogen) atoms. The van der Waals surface area contributed by atoms with Crippen LogP contribution in [0.1, 0.15) is 51.2 Å². The molecule has 3 nitrogen and oxygen atoms in total. The zero-order valence-electron chi connectivity index (χ0n) is 11.2. The molecule has 1 aliphatic rings. The molecule has 1 saturated carbocycles. The average Bonchev–Trinajstić information content (AvgIpc) is 2.92. The standard InChI is InChI=1S/C15H23NO2/c1-2-16(13-7-4-3-5-8-13)15(17)11-10-14-9-6-12-18-14/h6,9,12-13H,2-5,7-8,10-11H2,1H3. The van der Waals surface area contributed by atoms with Crippen LogP contribution < -0.4 is 0 Å². The molecule has 0 unspecified atom stereocenters. The second kappa shape index (κ2) is 6.62. The zero-order valence-corrected chi connectivity index (χ0v) is 11.2. The van der Waals surface area contributed by atoms with E-state index in [0.29, 0.717) is 12.5 Å². The van der Waals surface area contributed by atoms with Gasteiger partial charge in [0.1, 0.15) is 5.76 Å². The molecule has 1 fully saturated rings. The Balaban J connectivity index is 1.84. The van der Waals surface area contributed by atoms with Gasteiger partial charge in [0.05, 0.1) is 6.26 Å². The van der Waals surface area contributed by atoms with E-state index in [-0.39, 0.29) is 5.91 Å². The summed E-state index contributed by atoms with van der Waals surface area (Å²) in [6, 6.07) is 4.29. The molecule has 2 rings (SSSR count). The van der Waals surface area contributed by atoms with Crippen LogP contribution in [0.5, 0.6) is 0 Å². The summed E-state index contributed by atoms with van der Waals surface area (Å²) in [6.07, 6.45) is 9.18. The van der Waals surface area contributed by atoms with Crippen LogP contribution in [0, 0.1) is 0 Å². The van der Waals surface area contributed by atoms with Crippen molar-refractivity contribution in [2.45, 2.75) is 57.9 Å². The van der Waals surface area contributed by atoms with E-state index in [1.54, 1.807) is 6.26 Å². The topological polar surface area (TPSA) is 33.5 Å². The van der Waals surface area contributed by atoms with Gasteiger partial charge in [0.2, 0.25) is 5.91 Å². The van der Waals surface area contributed by atoms with Gasteiger partial charge in [-0.25, -0.2) is 0 Å². The largest absolute Gasteiger partial charge is 0.469 e. The van der Waals surface area contributed by atoms with Crippen molar-refractivity contribution in [1.29, 1.82) is 0 Å². The lowest BCUT2D eigenvalue weighted by Crippen LogP contribution is -2.41. The van der Waals surface area contributed by atoms with Crippen molar-refractivity contribution < 1.29 is 9.21 Å². The van der Waals surface area contributed by atoms with Crippen molar-refractivity contribution >= 4 is 5.91 Å². The smallest absolute Gasteiger partial charge is 0.223 e. The van der Waals surface area contributed by atoms with Gasteiger partial charge >= 0.3 is 0 Å². The summed E-state index contributed by atoms with van der Waals surface area (Å²) in [5.74, 6) is 1.18. The number of hydrogen-bond donors (Lipinski definition) is 0. The number of amides is 1. The Morgan fingerprint density at radius 1 is 1.39 bits per heavy atom. The van der Waals surface area contributed by atoms with Crippen molar-refractivity contribution in [3.63, 3.8) is 0 Å². The highest BCUT2D eigenvalue weighted by Gasteiger charge is 2.23. The van der Waals surface area contributed by atoms with Crippen LogP contribution in [0.15, 0.2) is 22.8 Å². The first-order valence-corrected chi connectivity index (χ1v) is 7.13. The minimum atomic E-state index is 0.279. The number of carbonyl (C=O) groups is 1. The average molecular weight is 249 g/mol. The van der Waals surface area contributed by atoms with Gasteiger partial charge in [-0.1, -0.05) is 19.3 Å². The molecule has 1 heterocycles. The summed E-state index contributed by atoms with van der Waals surface area (Å²) in [7, 11) is 0. The monoisotopic (exact) mass is 249 g/mol. The molecule has 0 atom stereocenters. The zero-order chi connectivity index (χ0) is 12.8. The SMILES string of the molecule is CCN(C(=O)CCc1ccco1)C1CCCCC1. The fourth-order valence-corrected chi connectivity index (χ4v) is 2.86. The lowest BCUT2D eigenvalue weighted by atomic mass is 9.94. The van der Waals surface area contributed by atoms with E-state index in [2.05, 4.69) is 11.8 Å². The third-order valence-electron chi connectivity index (χ3n) is 3.84. The normalized spacial score (nSPS) is 16.7. The van der Waals surface area contributed by atoms with Gasteiger partial charge in [-0.2, -0.15) is 0 Å². The summed E-state index contributed by atoms with van der Waals surface area (Å²) in [5, 5.41) is 0. The Morgan fingerprint density at radius 2 is 2.17 bits per heavy atom. The molecule has 1 amide bonds. The molecule has 0 bridgehead atoms. The molecule has 0 spiro atoms. The van der Waals surface area contributed by atoms with E-state index in [0.717, 1.165) is 18.7 Å². The van der Waals surface area contributed by atoms with Crippen molar-refractivity contribution in [3.05, 3.63) is 24.2 Å². The van der Waals surface area contributed by atoms with Gasteiger partial charge in [0.25, 0.3) is 0 Å². The van der Waals surface area contributed by atoms with Crippen molar-refractivity contribution in [2.75, 3.05) is 6.54 Å². The molecule has 3 heteroatoms. The highest BCUT2D eigenvalue weighted by molar-refractivity contribution is 5.76. The van der Waals surface area contributed by atoms with E-state index in [1.807, 2.05) is 12.1 Å². The van der Waals surface area contributed by atoms with Crippen LogP contribution in [-0.2, 0) is 11.2 Å². The van der Waals surface area contributed by atoms with Gasteiger partial charge in [0, 0.05) is 25.4 Å². The molecular formula is C15H23NO2. The molecule has 100 valence electrons. The molecule has 0 N–H and O–H groups in total. The van der Waals surface area contributed by atoms with Gasteiger partial charge in [-0.3, -0.25) is 4.79 Å². The number of carbonyl (C=O) groups excluding carboxylic acids is 1. The number of nitrogens with zero attached hydrogens (tertiary/aromatic N) is 1. The minimum absolute atomic E-state index is 0.279. The molecule has 0 saturated heterocycles. The Labute approximate surface area is 109 Å². The van der Waals surface area contributed by atoms with E-state index in [1.165, 1.54) is 32.1 Å². The van der Waals surface area contributed by atoms with Crippen LogP contribution in [0.3, 0.4) is 0 Å². The van der Waals surface area contributed by atoms with E-state index in [9.17, 15) is 4.79 Å². The predicted octanol–water partition coefficient (Wildman–Crippen LogP) is 3.39. The van der Waals surface area contributed by atoms with E-state index in [4.69, 9.17) is 4.42 Å². The fourth-order valence-electron chi connectivity index (χ4n) is 2.86. The maximum Gasteiger partial charge on any atom is 0.223 e. The Hall–Kier alpha value is -1.25. The van der Waals surface area contributed by atoms with Crippen molar-refractivity contribution in [1.82, 2.24) is 4.90 Å². The second-order valence-corrected chi connectivity index (χ2v) is 5.05. The number of aryl methyl sites for hydroxylation is 1. The summed E-state index contributed by atoms with van der Waals surface area (Å²) in [5.41, 5.74) is 0. The maximum atomic E-state index is 12.3. The number of furan rings is 1. The molecule has 1 aromatic heterocycles. The van der Waals surface area contributed by atoms with Gasteiger partial charge in [-0.05, 0) is 31.9 Å². The summed E-state index contributed by atoms with van der Waals surface area (Å²) in [4.78, 5) is 14.3. The molecular weight excluding hydrogens is 226 g/mol. The minimum Gasteiger partial charge on any atom is -0.469 e. The fraction of sp³-hybridized carbons (Fsp3) is 0.667.